The summed E-state index contributed by atoms with van der Waals surface area (Å²) in [6.07, 6.45) is 1.61. The number of carbonyl (C=O) groups is 2. The Morgan fingerprint density at radius 1 is 1.14 bits per heavy atom. The molecule has 2 aromatic heterocycles. The molecule has 0 unspecified atom stereocenters. The summed E-state index contributed by atoms with van der Waals surface area (Å²) in [5.41, 5.74) is 1.55. The van der Waals surface area contributed by atoms with Gasteiger partial charge in [-0.3, -0.25) is 9.36 Å². The summed E-state index contributed by atoms with van der Waals surface area (Å²) in [4.78, 5) is 44.0. The Hall–Kier alpha value is -4.93. The number of aromatic carboxylic acids is 1. The van der Waals surface area contributed by atoms with Crippen molar-refractivity contribution in [2.24, 2.45) is 4.99 Å². The van der Waals surface area contributed by atoms with Gasteiger partial charge >= 0.3 is 11.9 Å². The Balaban J connectivity index is 1.53. The fourth-order valence-electron chi connectivity index (χ4n) is 5.36. The molecule has 0 aliphatic carbocycles. The highest BCUT2D eigenvalue weighted by atomic mass is 35.5. The molecule has 3 heterocycles. The second-order valence-electron chi connectivity index (χ2n) is 9.91. The molecule has 3 aromatic carbocycles. The summed E-state index contributed by atoms with van der Waals surface area (Å²) < 4.78 is 19.1. The van der Waals surface area contributed by atoms with Crippen LogP contribution in [-0.2, 0) is 9.53 Å². The quantitative estimate of drug-likeness (QED) is 0.234. The molecule has 0 amide bonds. The molecule has 0 saturated carbocycles. The van der Waals surface area contributed by atoms with E-state index < -0.39 is 18.0 Å². The highest BCUT2D eigenvalue weighted by Gasteiger charge is 2.36. The van der Waals surface area contributed by atoms with Crippen molar-refractivity contribution >= 4 is 51.7 Å². The number of methoxy groups -OCH3 is 1. The predicted molar refractivity (Wildman–Crippen MR) is 167 cm³/mol. The third-order valence-corrected chi connectivity index (χ3v) is 8.62. The first-order valence-corrected chi connectivity index (χ1v) is 14.8. The molecule has 11 heteroatoms. The predicted octanol–water partition coefficient (Wildman–Crippen LogP) is 5.57. The summed E-state index contributed by atoms with van der Waals surface area (Å²) in [5, 5.41) is 11.1. The topological polar surface area (TPSA) is 120 Å². The molecule has 9 nitrogen and oxygen atoms in total. The first-order valence-electron chi connectivity index (χ1n) is 13.6. The zero-order valence-electron chi connectivity index (χ0n) is 23.8. The summed E-state index contributed by atoms with van der Waals surface area (Å²) in [5.74, 6) is -0.335. The number of fused-ring (bicyclic) bond motifs is 2. The fourth-order valence-corrected chi connectivity index (χ4v) is 6.64. The van der Waals surface area contributed by atoms with Crippen molar-refractivity contribution in [1.82, 2.24) is 4.57 Å². The Morgan fingerprint density at radius 3 is 2.66 bits per heavy atom. The summed E-state index contributed by atoms with van der Waals surface area (Å²) in [6, 6.07) is 18.5. The van der Waals surface area contributed by atoms with Crippen LogP contribution in [0.2, 0.25) is 5.02 Å². The third-order valence-electron chi connectivity index (χ3n) is 7.33. The standard InChI is InChI=1S/C33H25ClN2O7S/c1-4-42-32(40)27-17(2)35-33-36(29(27)28-21-8-6-5-7-18(21)10-13-25(28)41-3)30(37)26(44-33)16-20-11-14-24(43-20)19-9-12-22(31(38)39)23(34)15-19/h5-16,29H,4H2,1-3H3,(H,38,39)/b26-16-/t29-/m1/s1. The van der Waals surface area contributed by atoms with Gasteiger partial charge in [-0.25, -0.2) is 14.6 Å². The van der Waals surface area contributed by atoms with Gasteiger partial charge in [0.15, 0.2) is 4.80 Å². The van der Waals surface area contributed by atoms with E-state index in [1.807, 2.05) is 36.4 Å². The molecular formula is C33H25ClN2O7S. The number of ether oxygens (including phenoxy) is 2. The van der Waals surface area contributed by atoms with Crippen LogP contribution >= 0.6 is 22.9 Å². The number of furan rings is 1. The van der Waals surface area contributed by atoms with Crippen LogP contribution in [0.1, 0.15) is 41.6 Å². The molecule has 1 atom stereocenters. The minimum Gasteiger partial charge on any atom is -0.496 e. The van der Waals surface area contributed by atoms with E-state index in [9.17, 15) is 19.5 Å². The second kappa shape index (κ2) is 11.6. The molecule has 44 heavy (non-hydrogen) atoms. The number of esters is 1. The van der Waals surface area contributed by atoms with E-state index in [-0.39, 0.29) is 28.3 Å². The normalized spacial score (nSPS) is 14.8. The van der Waals surface area contributed by atoms with Crippen LogP contribution in [0, 0.1) is 0 Å². The maximum atomic E-state index is 14.1. The van der Waals surface area contributed by atoms with E-state index in [2.05, 4.69) is 4.99 Å². The van der Waals surface area contributed by atoms with E-state index in [4.69, 9.17) is 25.5 Å². The third kappa shape index (κ3) is 5.01. The number of rotatable bonds is 7. The highest BCUT2D eigenvalue weighted by molar-refractivity contribution is 7.07. The Kier molecular flexibility index (Phi) is 7.71. The van der Waals surface area contributed by atoms with Crippen LogP contribution in [0.4, 0.5) is 0 Å². The van der Waals surface area contributed by atoms with Crippen molar-refractivity contribution in [1.29, 1.82) is 0 Å². The van der Waals surface area contributed by atoms with Crippen molar-refractivity contribution in [2.45, 2.75) is 19.9 Å². The van der Waals surface area contributed by atoms with Gasteiger partial charge in [0, 0.05) is 17.2 Å². The van der Waals surface area contributed by atoms with Crippen molar-refractivity contribution in [3.63, 3.8) is 0 Å². The van der Waals surface area contributed by atoms with Crippen LogP contribution in [0.3, 0.4) is 0 Å². The SMILES string of the molecule is CCOC(=O)C1=C(C)N=c2s/c(=C\c3ccc(-c4ccc(C(=O)O)c(Cl)c4)o3)c(=O)n2[C@H]1c1c(OC)ccc2ccccc12. The maximum Gasteiger partial charge on any atom is 0.338 e. The zero-order valence-corrected chi connectivity index (χ0v) is 25.4. The van der Waals surface area contributed by atoms with Gasteiger partial charge in [0.05, 0.1) is 40.1 Å². The number of allylic oxidation sites excluding steroid dienone is 1. The van der Waals surface area contributed by atoms with Crippen molar-refractivity contribution in [2.75, 3.05) is 13.7 Å². The van der Waals surface area contributed by atoms with E-state index in [1.165, 1.54) is 28.0 Å². The van der Waals surface area contributed by atoms with Gasteiger partial charge in [-0.05, 0) is 55.0 Å². The number of hydrogen-bond donors (Lipinski definition) is 1. The first kappa shape index (κ1) is 29.2. The molecule has 0 bridgehead atoms. The van der Waals surface area contributed by atoms with Gasteiger partial charge in [0.1, 0.15) is 23.3 Å². The lowest BCUT2D eigenvalue weighted by molar-refractivity contribution is -0.139. The average Bonchev–Trinajstić information content (AvgIpc) is 3.59. The number of carboxylic acids is 1. The molecule has 5 aromatic rings. The van der Waals surface area contributed by atoms with Crippen molar-refractivity contribution in [3.05, 3.63) is 120 Å². The van der Waals surface area contributed by atoms with Crippen LogP contribution < -0.4 is 19.6 Å². The van der Waals surface area contributed by atoms with Gasteiger partial charge in [0.2, 0.25) is 0 Å². The van der Waals surface area contributed by atoms with Gasteiger partial charge in [-0.1, -0.05) is 59.3 Å². The molecule has 222 valence electrons. The minimum atomic E-state index is -1.13. The summed E-state index contributed by atoms with van der Waals surface area (Å²) in [7, 11) is 1.55. The van der Waals surface area contributed by atoms with Crippen LogP contribution in [-0.4, -0.2) is 35.3 Å². The van der Waals surface area contributed by atoms with Gasteiger partial charge in [-0.2, -0.15) is 0 Å². The van der Waals surface area contributed by atoms with Gasteiger partial charge in [-0.15, -0.1) is 0 Å². The lowest BCUT2D eigenvalue weighted by atomic mass is 9.90. The highest BCUT2D eigenvalue weighted by Crippen LogP contribution is 2.40. The zero-order chi connectivity index (χ0) is 31.1. The lowest BCUT2D eigenvalue weighted by Gasteiger charge is -2.27. The number of aromatic nitrogens is 1. The van der Waals surface area contributed by atoms with E-state index >= 15 is 0 Å². The number of nitrogens with zero attached hydrogens (tertiary/aromatic N) is 2. The van der Waals surface area contributed by atoms with Crippen LogP contribution in [0.25, 0.3) is 28.2 Å². The molecule has 0 spiro atoms. The number of hydrogen-bond acceptors (Lipinski definition) is 8. The fraction of sp³-hybridized carbons (Fsp3) is 0.152. The molecule has 1 aliphatic rings. The molecule has 1 N–H and O–H groups in total. The molecule has 0 radical (unpaired) electrons. The number of carboxylic acid groups (broad SMARTS) is 1. The first-order chi connectivity index (χ1) is 21.2. The smallest absolute Gasteiger partial charge is 0.338 e. The molecule has 1 aliphatic heterocycles. The van der Waals surface area contributed by atoms with E-state index in [0.717, 1.165) is 10.8 Å². The minimum absolute atomic E-state index is 0.0156. The number of benzene rings is 3. The Labute approximate surface area is 259 Å². The lowest BCUT2D eigenvalue weighted by Crippen LogP contribution is -2.40. The maximum absolute atomic E-state index is 14.1. The molecular weight excluding hydrogens is 604 g/mol. The number of halogens is 1. The van der Waals surface area contributed by atoms with E-state index in [1.54, 1.807) is 45.2 Å². The van der Waals surface area contributed by atoms with Gasteiger partial charge < -0.3 is 19.0 Å². The number of carbonyl (C=O) groups excluding carboxylic acids is 1. The van der Waals surface area contributed by atoms with Crippen molar-refractivity contribution in [3.8, 4) is 17.1 Å². The average molecular weight is 629 g/mol. The molecule has 0 saturated heterocycles. The van der Waals surface area contributed by atoms with Crippen LogP contribution in [0.5, 0.6) is 5.75 Å². The van der Waals surface area contributed by atoms with E-state index in [0.29, 0.717) is 43.4 Å². The molecule has 0 fully saturated rings. The summed E-state index contributed by atoms with van der Waals surface area (Å²) >= 11 is 7.32. The number of thiazole rings is 1. The second-order valence-corrected chi connectivity index (χ2v) is 11.3. The van der Waals surface area contributed by atoms with Gasteiger partial charge in [0.25, 0.3) is 5.56 Å². The summed E-state index contributed by atoms with van der Waals surface area (Å²) in [6.45, 7) is 3.61. The van der Waals surface area contributed by atoms with Crippen molar-refractivity contribution < 1.29 is 28.6 Å². The largest absolute Gasteiger partial charge is 0.496 e. The Bertz CT molecular complexity index is 2190. The monoisotopic (exact) mass is 628 g/mol. The Morgan fingerprint density at radius 2 is 1.93 bits per heavy atom. The molecule has 6 rings (SSSR count). The van der Waals surface area contributed by atoms with Crippen LogP contribution in [0.15, 0.2) is 92.2 Å².